The molecule has 0 spiro atoms. The highest BCUT2D eigenvalue weighted by atomic mass is 16.5. The number of esters is 1. The summed E-state index contributed by atoms with van der Waals surface area (Å²) in [7, 11) is 0. The molecule has 0 N–H and O–H groups in total. The van der Waals surface area contributed by atoms with Gasteiger partial charge in [-0.05, 0) is 33.6 Å². The minimum atomic E-state index is -0.0227. The Morgan fingerprint density at radius 2 is 1.78 bits per heavy atom. The number of carbonyl (C=O) groups is 1. The summed E-state index contributed by atoms with van der Waals surface area (Å²) < 4.78 is 5.15. The molecule has 0 amide bonds. The van der Waals surface area contributed by atoms with Crippen LogP contribution in [0.15, 0.2) is 11.6 Å². The second-order valence-corrected chi connectivity index (χ2v) is 5.17. The Kier molecular flexibility index (Phi) is 10.8. The molecule has 0 aliphatic rings. The van der Waals surface area contributed by atoms with Crippen LogP contribution in [0, 0.1) is 5.92 Å². The van der Waals surface area contributed by atoms with Crippen molar-refractivity contribution in [3.05, 3.63) is 11.6 Å². The van der Waals surface area contributed by atoms with E-state index in [4.69, 9.17) is 4.74 Å². The maximum atomic E-state index is 11.8. The molecule has 0 aliphatic carbocycles. The summed E-state index contributed by atoms with van der Waals surface area (Å²) in [5.41, 5.74) is 1.27. The lowest BCUT2D eigenvalue weighted by atomic mass is 9.96. The van der Waals surface area contributed by atoms with Gasteiger partial charge in [-0.25, -0.2) is 0 Å². The highest BCUT2D eigenvalue weighted by Gasteiger charge is 2.17. The van der Waals surface area contributed by atoms with Crippen LogP contribution in [0.5, 0.6) is 0 Å². The van der Waals surface area contributed by atoms with E-state index >= 15 is 0 Å². The van der Waals surface area contributed by atoms with E-state index in [1.54, 1.807) is 0 Å². The minimum absolute atomic E-state index is 0.0227. The van der Waals surface area contributed by atoms with E-state index in [0.717, 1.165) is 19.3 Å². The summed E-state index contributed by atoms with van der Waals surface area (Å²) >= 11 is 0. The third-order valence-electron chi connectivity index (χ3n) is 3.09. The van der Waals surface area contributed by atoms with Crippen LogP contribution in [0.4, 0.5) is 0 Å². The summed E-state index contributed by atoms with van der Waals surface area (Å²) in [6.45, 7) is 8.72. The Morgan fingerprint density at radius 3 is 2.33 bits per heavy atom. The van der Waals surface area contributed by atoms with E-state index < -0.39 is 0 Å². The fraction of sp³-hybridized carbons (Fsp3) is 0.812. The van der Waals surface area contributed by atoms with Gasteiger partial charge in [0.2, 0.25) is 0 Å². The Morgan fingerprint density at radius 1 is 1.11 bits per heavy atom. The van der Waals surface area contributed by atoms with Crippen molar-refractivity contribution in [1.29, 1.82) is 0 Å². The van der Waals surface area contributed by atoms with Gasteiger partial charge in [-0.2, -0.15) is 0 Å². The largest absolute Gasteiger partial charge is 0.466 e. The van der Waals surface area contributed by atoms with Gasteiger partial charge in [0, 0.05) is 0 Å². The molecule has 0 radical (unpaired) electrons. The monoisotopic (exact) mass is 254 g/mol. The van der Waals surface area contributed by atoms with Gasteiger partial charge < -0.3 is 4.74 Å². The molecule has 2 nitrogen and oxygen atoms in total. The molecule has 0 aliphatic heterocycles. The molecule has 0 aromatic rings. The van der Waals surface area contributed by atoms with Gasteiger partial charge in [0.25, 0.3) is 0 Å². The van der Waals surface area contributed by atoms with Crippen molar-refractivity contribution in [2.75, 3.05) is 6.61 Å². The van der Waals surface area contributed by atoms with Crippen molar-refractivity contribution in [3.8, 4) is 0 Å². The van der Waals surface area contributed by atoms with Crippen LogP contribution in [0.1, 0.15) is 72.6 Å². The number of allylic oxidation sites excluding steroid dienone is 2. The van der Waals surface area contributed by atoms with Crippen molar-refractivity contribution in [2.24, 2.45) is 5.92 Å². The van der Waals surface area contributed by atoms with Crippen LogP contribution in [-0.4, -0.2) is 12.6 Å². The molecule has 0 bridgehead atoms. The molecule has 1 unspecified atom stereocenters. The normalized spacial score (nSPS) is 12.0. The predicted octanol–water partition coefficient (Wildman–Crippen LogP) is 4.88. The Labute approximate surface area is 113 Å². The second kappa shape index (κ2) is 11.3. The lowest BCUT2D eigenvalue weighted by Gasteiger charge is -2.13. The minimum Gasteiger partial charge on any atom is -0.466 e. The zero-order valence-electron chi connectivity index (χ0n) is 12.6. The van der Waals surface area contributed by atoms with Gasteiger partial charge in [-0.1, -0.05) is 50.7 Å². The molecular weight excluding hydrogens is 224 g/mol. The fourth-order valence-corrected chi connectivity index (χ4v) is 1.96. The first-order valence-electron chi connectivity index (χ1n) is 7.41. The van der Waals surface area contributed by atoms with E-state index in [9.17, 15) is 4.79 Å². The molecule has 0 heterocycles. The molecule has 0 aromatic heterocycles. The van der Waals surface area contributed by atoms with Crippen molar-refractivity contribution in [3.63, 3.8) is 0 Å². The number of rotatable bonds is 10. The molecule has 0 aromatic carbocycles. The third-order valence-corrected chi connectivity index (χ3v) is 3.09. The van der Waals surface area contributed by atoms with Crippen LogP contribution in [0.25, 0.3) is 0 Å². The van der Waals surface area contributed by atoms with Crippen molar-refractivity contribution >= 4 is 5.97 Å². The first-order chi connectivity index (χ1) is 8.61. The lowest BCUT2D eigenvalue weighted by Crippen LogP contribution is -2.17. The molecule has 1 atom stereocenters. The summed E-state index contributed by atoms with van der Waals surface area (Å²) in [4.78, 5) is 11.8. The summed E-state index contributed by atoms with van der Waals surface area (Å²) in [6, 6.07) is 0. The third kappa shape index (κ3) is 9.26. The maximum absolute atomic E-state index is 11.8. The van der Waals surface area contributed by atoms with Crippen LogP contribution in [0.2, 0.25) is 0 Å². The van der Waals surface area contributed by atoms with E-state index in [0.29, 0.717) is 6.61 Å². The quantitative estimate of drug-likeness (QED) is 0.315. The lowest BCUT2D eigenvalue weighted by molar-refractivity contribution is -0.148. The van der Waals surface area contributed by atoms with Crippen LogP contribution in [0.3, 0.4) is 0 Å². The first-order valence-corrected chi connectivity index (χ1v) is 7.41. The first kappa shape index (κ1) is 17.2. The molecule has 0 saturated heterocycles. The van der Waals surface area contributed by atoms with Gasteiger partial charge in [0.15, 0.2) is 0 Å². The summed E-state index contributed by atoms with van der Waals surface area (Å²) in [5.74, 6) is 0.0342. The second-order valence-electron chi connectivity index (χ2n) is 5.17. The topological polar surface area (TPSA) is 26.3 Å². The van der Waals surface area contributed by atoms with Crippen molar-refractivity contribution in [1.82, 2.24) is 0 Å². The zero-order valence-corrected chi connectivity index (χ0v) is 12.6. The molecule has 18 heavy (non-hydrogen) atoms. The molecule has 2 heteroatoms. The summed E-state index contributed by atoms with van der Waals surface area (Å²) in [5, 5.41) is 0. The van der Waals surface area contributed by atoms with Crippen LogP contribution < -0.4 is 0 Å². The van der Waals surface area contributed by atoms with E-state index in [1.807, 2.05) is 6.92 Å². The molecular formula is C16H30O2. The fourth-order valence-electron chi connectivity index (χ4n) is 1.96. The molecule has 0 rings (SSSR count). The highest BCUT2D eigenvalue weighted by molar-refractivity contribution is 5.72. The highest BCUT2D eigenvalue weighted by Crippen LogP contribution is 2.18. The SMILES string of the molecule is CCCCCCCC(CC=C(C)C)C(=O)OCC. The van der Waals surface area contributed by atoms with E-state index in [2.05, 4.69) is 26.8 Å². The van der Waals surface area contributed by atoms with Gasteiger partial charge in [-0.15, -0.1) is 0 Å². The number of carbonyl (C=O) groups excluding carboxylic acids is 1. The molecule has 106 valence electrons. The molecule has 0 fully saturated rings. The average molecular weight is 254 g/mol. The Balaban J connectivity index is 4.04. The Bertz CT molecular complexity index is 239. The number of unbranched alkanes of at least 4 members (excludes halogenated alkanes) is 4. The van der Waals surface area contributed by atoms with Crippen LogP contribution >= 0.6 is 0 Å². The number of hydrogen-bond donors (Lipinski definition) is 0. The van der Waals surface area contributed by atoms with Gasteiger partial charge in [-0.3, -0.25) is 4.79 Å². The van der Waals surface area contributed by atoms with Crippen LogP contribution in [-0.2, 0) is 9.53 Å². The zero-order chi connectivity index (χ0) is 13.8. The van der Waals surface area contributed by atoms with Gasteiger partial charge >= 0.3 is 5.97 Å². The van der Waals surface area contributed by atoms with E-state index in [1.165, 1.54) is 31.3 Å². The van der Waals surface area contributed by atoms with Gasteiger partial charge in [0.1, 0.15) is 0 Å². The number of hydrogen-bond acceptors (Lipinski definition) is 2. The smallest absolute Gasteiger partial charge is 0.309 e. The van der Waals surface area contributed by atoms with Crippen molar-refractivity contribution in [2.45, 2.75) is 72.6 Å². The van der Waals surface area contributed by atoms with Crippen molar-refractivity contribution < 1.29 is 9.53 Å². The summed E-state index contributed by atoms with van der Waals surface area (Å²) in [6.07, 6.45) is 10.2. The number of ether oxygens (including phenoxy) is 1. The van der Waals surface area contributed by atoms with E-state index in [-0.39, 0.29) is 11.9 Å². The predicted molar refractivity (Wildman–Crippen MR) is 77.5 cm³/mol. The van der Waals surface area contributed by atoms with Gasteiger partial charge in [0.05, 0.1) is 12.5 Å². The average Bonchev–Trinajstić information content (AvgIpc) is 2.32. The molecule has 0 saturated carbocycles. The maximum Gasteiger partial charge on any atom is 0.309 e. The Hall–Kier alpha value is -0.790. The standard InChI is InChI=1S/C16H30O2/c1-5-7-8-9-10-11-15(13-12-14(3)4)16(17)18-6-2/h12,15H,5-11,13H2,1-4H3.